The summed E-state index contributed by atoms with van der Waals surface area (Å²) in [6.45, 7) is 2.59. The molecule has 138 valence electrons. The molecule has 1 aromatic carbocycles. The molecule has 5 nitrogen and oxygen atoms in total. The van der Waals surface area contributed by atoms with Crippen LogP contribution in [0.25, 0.3) is 11.3 Å². The fraction of sp³-hybridized carbons (Fsp3) is 0.250. The largest absolute Gasteiger partial charge is 0.326 e. The number of hydrogen-bond donors (Lipinski definition) is 1. The molecule has 3 aromatic rings. The van der Waals surface area contributed by atoms with Gasteiger partial charge in [0, 0.05) is 23.2 Å². The number of carbonyl (C=O) groups excluding carboxylic acids is 2. The first-order valence-electron chi connectivity index (χ1n) is 8.80. The molecule has 0 saturated carbocycles. The normalized spacial score (nSPS) is 16.5. The first-order valence-corrected chi connectivity index (χ1v) is 10.6. The molecule has 2 aromatic heterocycles. The molecule has 1 saturated heterocycles. The van der Waals surface area contributed by atoms with Crippen LogP contribution in [0.4, 0.5) is 5.69 Å². The summed E-state index contributed by atoms with van der Waals surface area (Å²) in [5, 5.41) is 7.87. The Labute approximate surface area is 165 Å². The molecule has 0 bridgehead atoms. The minimum Gasteiger partial charge on any atom is -0.326 e. The van der Waals surface area contributed by atoms with E-state index in [1.54, 1.807) is 22.3 Å². The third-order valence-corrected chi connectivity index (χ3v) is 6.22. The molecule has 0 unspecified atom stereocenters. The maximum absolute atomic E-state index is 12.8. The molecule has 1 fully saturated rings. The van der Waals surface area contributed by atoms with Gasteiger partial charge in [0.2, 0.25) is 5.91 Å². The number of rotatable bonds is 4. The van der Waals surface area contributed by atoms with Crippen LogP contribution < -0.4 is 5.32 Å². The van der Waals surface area contributed by atoms with Crippen molar-refractivity contribution in [3.8, 4) is 11.3 Å². The second-order valence-corrected chi connectivity index (χ2v) is 8.47. The summed E-state index contributed by atoms with van der Waals surface area (Å²) in [6.07, 6.45) is 1.53. The van der Waals surface area contributed by atoms with Gasteiger partial charge >= 0.3 is 0 Å². The van der Waals surface area contributed by atoms with Gasteiger partial charge in [-0.25, -0.2) is 4.98 Å². The molecule has 0 spiro atoms. The van der Waals surface area contributed by atoms with Gasteiger partial charge in [0.15, 0.2) is 0 Å². The Balaban J connectivity index is 1.49. The molecule has 1 aliphatic rings. The molecular formula is C20H19N3O2S2. The summed E-state index contributed by atoms with van der Waals surface area (Å²) in [5.74, 6) is -0.196. The number of nitrogens with zero attached hydrogens (tertiary/aromatic N) is 2. The monoisotopic (exact) mass is 397 g/mol. The minimum absolute atomic E-state index is 0.0608. The van der Waals surface area contributed by atoms with Crippen molar-refractivity contribution in [1.29, 1.82) is 0 Å². The van der Waals surface area contributed by atoms with Crippen LogP contribution in [0.5, 0.6) is 0 Å². The topological polar surface area (TPSA) is 62.3 Å². The number of nitrogens with one attached hydrogen (secondary N) is 1. The Morgan fingerprint density at radius 1 is 1.22 bits per heavy atom. The van der Waals surface area contributed by atoms with Crippen molar-refractivity contribution < 1.29 is 9.59 Å². The zero-order valence-electron chi connectivity index (χ0n) is 14.8. The second-order valence-electron chi connectivity index (χ2n) is 6.46. The summed E-state index contributed by atoms with van der Waals surface area (Å²) in [6, 6.07) is 10.9. The highest BCUT2D eigenvalue weighted by Crippen LogP contribution is 2.26. The van der Waals surface area contributed by atoms with E-state index in [0.29, 0.717) is 17.8 Å². The van der Waals surface area contributed by atoms with Crippen LogP contribution >= 0.6 is 22.7 Å². The van der Waals surface area contributed by atoms with Crippen molar-refractivity contribution in [3.63, 3.8) is 0 Å². The van der Waals surface area contributed by atoms with Gasteiger partial charge in [-0.05, 0) is 43.3 Å². The Kier molecular flexibility index (Phi) is 5.05. The lowest BCUT2D eigenvalue weighted by atomic mass is 10.1. The molecular weight excluding hydrogens is 378 g/mol. The third kappa shape index (κ3) is 3.79. The fourth-order valence-electron chi connectivity index (χ4n) is 3.30. The predicted octanol–water partition coefficient (Wildman–Crippen LogP) is 4.42. The number of hydrogen-bond acceptors (Lipinski definition) is 5. The summed E-state index contributed by atoms with van der Waals surface area (Å²) in [4.78, 5) is 32.4. The van der Waals surface area contributed by atoms with E-state index in [1.807, 2.05) is 48.0 Å². The molecule has 2 amide bonds. The van der Waals surface area contributed by atoms with E-state index in [2.05, 4.69) is 10.3 Å². The van der Waals surface area contributed by atoms with Gasteiger partial charge in [-0.15, -0.1) is 22.7 Å². The van der Waals surface area contributed by atoms with E-state index in [4.69, 9.17) is 0 Å². The van der Waals surface area contributed by atoms with Crippen LogP contribution in [0.3, 0.4) is 0 Å². The van der Waals surface area contributed by atoms with Gasteiger partial charge < -0.3 is 10.2 Å². The van der Waals surface area contributed by atoms with Crippen molar-refractivity contribution in [3.05, 3.63) is 57.0 Å². The average Bonchev–Trinajstić information content (AvgIpc) is 3.42. The molecule has 1 N–H and O–H groups in total. The zero-order chi connectivity index (χ0) is 18.8. The highest BCUT2D eigenvalue weighted by molar-refractivity contribution is 7.12. The summed E-state index contributed by atoms with van der Waals surface area (Å²) >= 11 is 3.01. The Morgan fingerprint density at radius 2 is 2.11 bits per heavy atom. The van der Waals surface area contributed by atoms with Gasteiger partial charge in [-0.1, -0.05) is 18.2 Å². The van der Waals surface area contributed by atoms with Gasteiger partial charge in [0.25, 0.3) is 5.91 Å². The number of likely N-dealkylation sites (tertiary alicyclic amines) is 1. The van der Waals surface area contributed by atoms with E-state index < -0.39 is 6.04 Å². The number of thiophene rings is 1. The quantitative estimate of drug-likeness (QED) is 0.709. The van der Waals surface area contributed by atoms with Crippen LogP contribution in [0.15, 0.2) is 47.2 Å². The van der Waals surface area contributed by atoms with Crippen LogP contribution in [-0.2, 0) is 4.79 Å². The van der Waals surface area contributed by atoms with Crippen LogP contribution in [-0.4, -0.2) is 34.3 Å². The number of anilines is 1. The molecule has 3 heterocycles. The molecule has 0 radical (unpaired) electrons. The maximum Gasteiger partial charge on any atom is 0.264 e. The molecule has 7 heteroatoms. The molecule has 1 aliphatic heterocycles. The minimum atomic E-state index is -0.426. The Hall–Kier alpha value is -2.51. The van der Waals surface area contributed by atoms with Gasteiger partial charge in [0.1, 0.15) is 6.04 Å². The standard InChI is InChI=1S/C20H19N3O2S2/c1-13-21-16(12-27-13)14-5-2-6-15(11-14)22-19(24)17-7-3-9-23(17)20(25)18-8-4-10-26-18/h2,4-6,8,10-12,17H,3,7,9H2,1H3,(H,22,24)/t17-/m0/s1. The average molecular weight is 398 g/mol. The van der Waals surface area contributed by atoms with Crippen molar-refractivity contribution >= 4 is 40.2 Å². The second kappa shape index (κ2) is 7.62. The Morgan fingerprint density at radius 3 is 2.85 bits per heavy atom. The highest BCUT2D eigenvalue weighted by Gasteiger charge is 2.34. The summed E-state index contributed by atoms with van der Waals surface area (Å²) in [5.41, 5.74) is 2.60. The van der Waals surface area contributed by atoms with E-state index in [0.717, 1.165) is 28.4 Å². The smallest absolute Gasteiger partial charge is 0.264 e. The first kappa shape index (κ1) is 17.9. The van der Waals surface area contributed by atoms with Crippen LogP contribution in [0.1, 0.15) is 27.5 Å². The number of amides is 2. The molecule has 0 aliphatic carbocycles. The van der Waals surface area contributed by atoms with E-state index in [1.165, 1.54) is 11.3 Å². The maximum atomic E-state index is 12.8. The van der Waals surface area contributed by atoms with Crippen LogP contribution in [0, 0.1) is 6.92 Å². The zero-order valence-corrected chi connectivity index (χ0v) is 16.5. The lowest BCUT2D eigenvalue weighted by molar-refractivity contribution is -0.119. The van der Waals surface area contributed by atoms with E-state index in [-0.39, 0.29) is 11.8 Å². The lowest BCUT2D eigenvalue weighted by Gasteiger charge is -2.23. The Bertz CT molecular complexity index is 965. The molecule has 4 rings (SSSR count). The third-order valence-electron chi connectivity index (χ3n) is 4.59. The summed E-state index contributed by atoms with van der Waals surface area (Å²) < 4.78 is 0. The predicted molar refractivity (Wildman–Crippen MR) is 109 cm³/mol. The van der Waals surface area contributed by atoms with E-state index >= 15 is 0 Å². The van der Waals surface area contributed by atoms with Crippen molar-refractivity contribution in [2.24, 2.45) is 0 Å². The van der Waals surface area contributed by atoms with Gasteiger partial charge in [0.05, 0.1) is 15.6 Å². The lowest BCUT2D eigenvalue weighted by Crippen LogP contribution is -2.42. The van der Waals surface area contributed by atoms with E-state index in [9.17, 15) is 9.59 Å². The van der Waals surface area contributed by atoms with Gasteiger partial charge in [-0.3, -0.25) is 9.59 Å². The highest BCUT2D eigenvalue weighted by atomic mass is 32.1. The number of benzene rings is 1. The number of thiazole rings is 1. The number of aryl methyl sites for hydroxylation is 1. The van der Waals surface area contributed by atoms with Crippen molar-refractivity contribution in [2.75, 3.05) is 11.9 Å². The first-order chi connectivity index (χ1) is 13.1. The SMILES string of the molecule is Cc1nc(-c2cccc(NC(=O)[C@@H]3CCCN3C(=O)c3cccs3)c2)cs1. The molecule has 1 atom stereocenters. The molecule has 27 heavy (non-hydrogen) atoms. The number of aromatic nitrogens is 1. The van der Waals surface area contributed by atoms with Crippen molar-refractivity contribution in [2.45, 2.75) is 25.8 Å². The van der Waals surface area contributed by atoms with Gasteiger partial charge in [-0.2, -0.15) is 0 Å². The van der Waals surface area contributed by atoms with Crippen molar-refractivity contribution in [1.82, 2.24) is 9.88 Å². The summed E-state index contributed by atoms with van der Waals surface area (Å²) in [7, 11) is 0. The fourth-order valence-corrected chi connectivity index (χ4v) is 4.60. The van der Waals surface area contributed by atoms with Crippen LogP contribution in [0.2, 0.25) is 0 Å². The number of carbonyl (C=O) groups is 2.